The van der Waals surface area contributed by atoms with Gasteiger partial charge in [-0.15, -0.1) is 5.10 Å². The largest absolute Gasteiger partial charge is 0.321 e. The first kappa shape index (κ1) is 14.4. The van der Waals surface area contributed by atoms with Crippen LogP contribution in [0.1, 0.15) is 22.2 Å². The summed E-state index contributed by atoms with van der Waals surface area (Å²) >= 11 is 1.11. The number of carbonyl (C=O) groups excluding carboxylic acids is 1. The van der Waals surface area contributed by atoms with Crippen molar-refractivity contribution in [1.82, 2.24) is 9.59 Å². The first-order valence-corrected chi connectivity index (χ1v) is 7.84. The van der Waals surface area contributed by atoms with Crippen LogP contribution in [0.2, 0.25) is 0 Å². The Morgan fingerprint density at radius 3 is 2.59 bits per heavy atom. The standard InChI is InChI=1S/C17H15N3OS/c1-2-12-8-6-7-11-14(12)18-17(21)16-15(19-20-22-16)13-9-4-3-5-10-13/h3-11H,2H2,1H3,(H,18,21). The fraction of sp³-hybridized carbons (Fsp3) is 0.118. The lowest BCUT2D eigenvalue weighted by Crippen LogP contribution is -2.12. The summed E-state index contributed by atoms with van der Waals surface area (Å²) in [6.07, 6.45) is 0.864. The van der Waals surface area contributed by atoms with E-state index in [1.807, 2.05) is 54.6 Å². The number of rotatable bonds is 4. The Balaban J connectivity index is 1.90. The fourth-order valence-electron chi connectivity index (χ4n) is 2.25. The molecule has 22 heavy (non-hydrogen) atoms. The second-order valence-corrected chi connectivity index (χ2v) is 5.54. The van der Waals surface area contributed by atoms with Gasteiger partial charge in [-0.2, -0.15) is 0 Å². The molecule has 0 saturated carbocycles. The molecule has 1 amide bonds. The number of nitrogens with one attached hydrogen (secondary N) is 1. The van der Waals surface area contributed by atoms with Crippen LogP contribution in [0.4, 0.5) is 5.69 Å². The minimum atomic E-state index is -0.172. The highest BCUT2D eigenvalue weighted by Crippen LogP contribution is 2.25. The highest BCUT2D eigenvalue weighted by molar-refractivity contribution is 7.08. The molecule has 3 rings (SSSR count). The number of aryl methyl sites for hydroxylation is 1. The van der Waals surface area contributed by atoms with Gasteiger partial charge in [0.2, 0.25) is 0 Å². The lowest BCUT2D eigenvalue weighted by molar-refractivity contribution is 0.103. The van der Waals surface area contributed by atoms with Crippen molar-refractivity contribution in [3.8, 4) is 11.3 Å². The van der Waals surface area contributed by atoms with Gasteiger partial charge in [0.05, 0.1) is 0 Å². The predicted octanol–water partition coefficient (Wildman–Crippen LogP) is 4.02. The fourth-order valence-corrected chi connectivity index (χ4v) is 2.84. The van der Waals surface area contributed by atoms with Gasteiger partial charge in [0.15, 0.2) is 0 Å². The summed E-state index contributed by atoms with van der Waals surface area (Å²) in [6, 6.07) is 17.4. The molecule has 4 nitrogen and oxygen atoms in total. The van der Waals surface area contributed by atoms with Crippen molar-refractivity contribution in [2.24, 2.45) is 0 Å². The molecule has 1 heterocycles. The molecule has 0 spiro atoms. The normalized spacial score (nSPS) is 10.4. The zero-order valence-electron chi connectivity index (χ0n) is 12.1. The number of hydrogen-bond donors (Lipinski definition) is 1. The molecule has 0 aliphatic heterocycles. The van der Waals surface area contributed by atoms with Gasteiger partial charge in [-0.05, 0) is 29.6 Å². The SMILES string of the molecule is CCc1ccccc1NC(=O)c1snnc1-c1ccccc1. The van der Waals surface area contributed by atoms with Crippen LogP contribution in [-0.4, -0.2) is 15.5 Å². The Bertz CT molecular complexity index is 783. The molecule has 1 N–H and O–H groups in total. The number of aromatic nitrogens is 2. The molecule has 0 aliphatic rings. The van der Waals surface area contributed by atoms with Gasteiger partial charge in [0.25, 0.3) is 5.91 Å². The molecule has 1 aromatic heterocycles. The van der Waals surface area contributed by atoms with Crippen LogP contribution in [-0.2, 0) is 6.42 Å². The maximum Gasteiger partial charge on any atom is 0.269 e. The minimum Gasteiger partial charge on any atom is -0.321 e. The van der Waals surface area contributed by atoms with E-state index in [-0.39, 0.29) is 5.91 Å². The van der Waals surface area contributed by atoms with E-state index in [0.717, 1.165) is 34.8 Å². The van der Waals surface area contributed by atoms with Crippen LogP contribution in [0.15, 0.2) is 54.6 Å². The number of carbonyl (C=O) groups is 1. The predicted molar refractivity (Wildman–Crippen MR) is 89.1 cm³/mol. The van der Waals surface area contributed by atoms with Crippen molar-refractivity contribution in [1.29, 1.82) is 0 Å². The molecule has 0 fully saturated rings. The maximum absolute atomic E-state index is 12.6. The molecule has 110 valence electrons. The Kier molecular flexibility index (Phi) is 4.25. The van der Waals surface area contributed by atoms with Gasteiger partial charge in [-0.1, -0.05) is 59.9 Å². The Hall–Kier alpha value is -2.53. The first-order valence-electron chi connectivity index (χ1n) is 7.06. The van der Waals surface area contributed by atoms with Gasteiger partial charge < -0.3 is 5.32 Å². The monoisotopic (exact) mass is 309 g/mol. The van der Waals surface area contributed by atoms with E-state index in [2.05, 4.69) is 21.8 Å². The van der Waals surface area contributed by atoms with Crippen molar-refractivity contribution >= 4 is 23.1 Å². The van der Waals surface area contributed by atoms with Crippen molar-refractivity contribution in [3.63, 3.8) is 0 Å². The molecule has 0 atom stereocenters. The third-order valence-corrected chi connectivity index (χ3v) is 4.11. The van der Waals surface area contributed by atoms with Crippen LogP contribution in [0.3, 0.4) is 0 Å². The zero-order valence-corrected chi connectivity index (χ0v) is 12.9. The highest BCUT2D eigenvalue weighted by Gasteiger charge is 2.18. The topological polar surface area (TPSA) is 54.9 Å². The molecular formula is C17H15N3OS. The molecule has 0 saturated heterocycles. The molecule has 0 unspecified atom stereocenters. The van der Waals surface area contributed by atoms with Gasteiger partial charge in [0, 0.05) is 11.3 Å². The molecule has 0 radical (unpaired) electrons. The summed E-state index contributed by atoms with van der Waals surface area (Å²) in [5, 5.41) is 7.06. The Labute approximate surface area is 133 Å². The average Bonchev–Trinajstić information content (AvgIpc) is 3.06. The summed E-state index contributed by atoms with van der Waals surface area (Å²) in [6.45, 7) is 2.06. The quantitative estimate of drug-likeness (QED) is 0.792. The second kappa shape index (κ2) is 6.49. The van der Waals surface area contributed by atoms with Gasteiger partial charge in [0.1, 0.15) is 10.6 Å². The lowest BCUT2D eigenvalue weighted by atomic mass is 10.1. The van der Waals surface area contributed by atoms with E-state index in [0.29, 0.717) is 10.6 Å². The van der Waals surface area contributed by atoms with Crippen molar-refractivity contribution in [2.45, 2.75) is 13.3 Å². The van der Waals surface area contributed by atoms with Crippen molar-refractivity contribution < 1.29 is 4.79 Å². The van der Waals surface area contributed by atoms with E-state index in [1.165, 1.54) is 0 Å². The smallest absolute Gasteiger partial charge is 0.269 e. The summed E-state index contributed by atoms with van der Waals surface area (Å²) in [7, 11) is 0. The summed E-state index contributed by atoms with van der Waals surface area (Å²) in [4.78, 5) is 13.1. The maximum atomic E-state index is 12.6. The number of benzene rings is 2. The Morgan fingerprint density at radius 1 is 1.09 bits per heavy atom. The van der Waals surface area contributed by atoms with Gasteiger partial charge >= 0.3 is 0 Å². The van der Waals surface area contributed by atoms with Crippen LogP contribution in [0.25, 0.3) is 11.3 Å². The molecular weight excluding hydrogens is 294 g/mol. The lowest BCUT2D eigenvalue weighted by Gasteiger charge is -2.09. The van der Waals surface area contributed by atoms with Gasteiger partial charge in [-0.3, -0.25) is 4.79 Å². The second-order valence-electron chi connectivity index (χ2n) is 4.78. The van der Waals surface area contributed by atoms with E-state index in [9.17, 15) is 4.79 Å². The highest BCUT2D eigenvalue weighted by atomic mass is 32.1. The number of nitrogens with zero attached hydrogens (tertiary/aromatic N) is 2. The molecule has 0 bridgehead atoms. The minimum absolute atomic E-state index is 0.172. The Morgan fingerprint density at radius 2 is 1.82 bits per heavy atom. The van der Waals surface area contributed by atoms with E-state index in [4.69, 9.17) is 0 Å². The third kappa shape index (κ3) is 2.89. The molecule has 2 aromatic carbocycles. The van der Waals surface area contributed by atoms with Crippen LogP contribution in [0.5, 0.6) is 0 Å². The van der Waals surface area contributed by atoms with Crippen LogP contribution < -0.4 is 5.32 Å². The van der Waals surface area contributed by atoms with Gasteiger partial charge in [-0.25, -0.2) is 0 Å². The van der Waals surface area contributed by atoms with Crippen molar-refractivity contribution in [3.05, 3.63) is 65.0 Å². The van der Waals surface area contributed by atoms with Crippen LogP contribution in [0, 0.1) is 0 Å². The third-order valence-electron chi connectivity index (χ3n) is 3.39. The van der Waals surface area contributed by atoms with E-state index < -0.39 is 0 Å². The summed E-state index contributed by atoms with van der Waals surface area (Å²) < 4.78 is 3.93. The van der Waals surface area contributed by atoms with Crippen LogP contribution >= 0.6 is 11.5 Å². The number of amides is 1. The number of hydrogen-bond acceptors (Lipinski definition) is 4. The summed E-state index contributed by atoms with van der Waals surface area (Å²) in [5.74, 6) is -0.172. The number of anilines is 1. The van der Waals surface area contributed by atoms with E-state index in [1.54, 1.807) is 0 Å². The first-order chi connectivity index (χ1) is 10.8. The molecule has 5 heteroatoms. The molecule has 0 aliphatic carbocycles. The van der Waals surface area contributed by atoms with E-state index >= 15 is 0 Å². The zero-order chi connectivity index (χ0) is 15.4. The summed E-state index contributed by atoms with van der Waals surface area (Å²) in [5.41, 5.74) is 3.46. The number of para-hydroxylation sites is 1. The molecule has 3 aromatic rings. The van der Waals surface area contributed by atoms with Crippen molar-refractivity contribution in [2.75, 3.05) is 5.32 Å². The average molecular weight is 309 g/mol.